The fourth-order valence-electron chi connectivity index (χ4n) is 1.50. The van der Waals surface area contributed by atoms with E-state index in [-0.39, 0.29) is 11.6 Å². The van der Waals surface area contributed by atoms with E-state index in [1.54, 1.807) is 18.2 Å². The van der Waals surface area contributed by atoms with Crippen molar-refractivity contribution in [3.63, 3.8) is 0 Å². The normalized spacial score (nSPS) is 10.2. The topological polar surface area (TPSA) is 20.2 Å². The lowest BCUT2D eigenvalue weighted by molar-refractivity contribution is 0.475. The Balaban J connectivity index is 2.18. The summed E-state index contributed by atoms with van der Waals surface area (Å²) in [4.78, 5) is 0. The number of phenolic OH excluding ortho intramolecular Hbond substituents is 1. The van der Waals surface area contributed by atoms with Gasteiger partial charge < -0.3 is 5.11 Å². The van der Waals surface area contributed by atoms with Crippen LogP contribution < -0.4 is 0 Å². The summed E-state index contributed by atoms with van der Waals surface area (Å²) in [6.07, 6.45) is 0.679. The van der Waals surface area contributed by atoms with E-state index in [1.165, 1.54) is 12.1 Å². The van der Waals surface area contributed by atoms with Crippen molar-refractivity contribution in [1.29, 1.82) is 0 Å². The summed E-state index contributed by atoms with van der Waals surface area (Å²) in [6, 6.07) is 13.5. The van der Waals surface area contributed by atoms with Crippen LogP contribution in [0.5, 0.6) is 5.75 Å². The number of aromatic hydroxyl groups is 1. The minimum Gasteiger partial charge on any atom is -0.508 e. The molecule has 76 valence electrons. The van der Waals surface area contributed by atoms with Crippen LogP contribution in [-0.2, 0) is 6.42 Å². The summed E-state index contributed by atoms with van der Waals surface area (Å²) in [5, 5.41) is 9.11. The summed E-state index contributed by atoms with van der Waals surface area (Å²) in [5.41, 5.74) is 1.99. The molecule has 1 nitrogen and oxygen atoms in total. The molecular weight excluding hydrogens is 191 g/mol. The molecule has 2 rings (SSSR count). The Morgan fingerprint density at radius 2 is 1.67 bits per heavy atom. The maximum absolute atomic E-state index is 12.9. The molecule has 0 unspecified atom stereocenters. The van der Waals surface area contributed by atoms with Gasteiger partial charge in [0.2, 0.25) is 0 Å². The first kappa shape index (κ1) is 9.71. The van der Waals surface area contributed by atoms with Crippen LogP contribution in [0.15, 0.2) is 48.5 Å². The summed E-state index contributed by atoms with van der Waals surface area (Å²) < 4.78 is 12.9. The number of halogens is 1. The molecule has 2 aromatic carbocycles. The predicted molar refractivity (Wildman–Crippen MR) is 57.3 cm³/mol. The summed E-state index contributed by atoms with van der Waals surface area (Å²) >= 11 is 0. The highest BCUT2D eigenvalue weighted by molar-refractivity contribution is 5.30. The molecule has 0 spiro atoms. The average Bonchev–Trinajstić information content (AvgIpc) is 2.22. The molecule has 2 aromatic rings. The van der Waals surface area contributed by atoms with Crippen molar-refractivity contribution in [2.24, 2.45) is 0 Å². The lowest BCUT2D eigenvalue weighted by atomic mass is 10.1. The van der Waals surface area contributed by atoms with Crippen molar-refractivity contribution >= 4 is 0 Å². The highest BCUT2D eigenvalue weighted by Crippen LogP contribution is 2.14. The molecule has 0 aliphatic carbocycles. The Morgan fingerprint density at radius 3 is 2.33 bits per heavy atom. The molecule has 2 heteroatoms. The first-order chi connectivity index (χ1) is 7.24. The molecule has 0 aliphatic heterocycles. The SMILES string of the molecule is Oc1ccc(Cc2cccc(F)c2)cc1. The van der Waals surface area contributed by atoms with Crippen LogP contribution in [0.1, 0.15) is 11.1 Å². The summed E-state index contributed by atoms with van der Waals surface area (Å²) in [5.74, 6) is 0.0317. The fraction of sp³-hybridized carbons (Fsp3) is 0.0769. The third kappa shape index (κ3) is 2.56. The monoisotopic (exact) mass is 202 g/mol. The summed E-state index contributed by atoms with van der Waals surface area (Å²) in [7, 11) is 0. The molecule has 0 radical (unpaired) electrons. The van der Waals surface area contributed by atoms with Crippen molar-refractivity contribution in [2.75, 3.05) is 0 Å². The molecule has 0 saturated heterocycles. The molecule has 0 bridgehead atoms. The Labute approximate surface area is 87.8 Å². The van der Waals surface area contributed by atoms with Gasteiger partial charge in [-0.1, -0.05) is 24.3 Å². The van der Waals surface area contributed by atoms with E-state index in [2.05, 4.69) is 0 Å². The highest BCUT2D eigenvalue weighted by atomic mass is 19.1. The van der Waals surface area contributed by atoms with Crippen LogP contribution >= 0.6 is 0 Å². The molecule has 0 aromatic heterocycles. The summed E-state index contributed by atoms with van der Waals surface area (Å²) in [6.45, 7) is 0. The molecule has 0 fully saturated rings. The van der Waals surface area contributed by atoms with Crippen LogP contribution in [0.3, 0.4) is 0 Å². The van der Waals surface area contributed by atoms with Gasteiger partial charge >= 0.3 is 0 Å². The van der Waals surface area contributed by atoms with E-state index in [0.29, 0.717) is 6.42 Å². The molecular formula is C13H11FO. The Hall–Kier alpha value is -1.83. The van der Waals surface area contributed by atoms with Gasteiger partial charge in [0.05, 0.1) is 0 Å². The second-order valence-electron chi connectivity index (χ2n) is 3.47. The largest absolute Gasteiger partial charge is 0.508 e. The van der Waals surface area contributed by atoms with E-state index in [9.17, 15) is 4.39 Å². The number of hydrogen-bond donors (Lipinski definition) is 1. The van der Waals surface area contributed by atoms with Crippen LogP contribution in [0.25, 0.3) is 0 Å². The van der Waals surface area contributed by atoms with Gasteiger partial charge in [-0.3, -0.25) is 0 Å². The Morgan fingerprint density at radius 1 is 0.933 bits per heavy atom. The van der Waals surface area contributed by atoms with Gasteiger partial charge in [0.1, 0.15) is 11.6 Å². The zero-order chi connectivity index (χ0) is 10.7. The first-order valence-corrected chi connectivity index (χ1v) is 4.76. The lowest BCUT2D eigenvalue weighted by Gasteiger charge is -2.02. The van der Waals surface area contributed by atoms with E-state index in [4.69, 9.17) is 5.11 Å². The second kappa shape index (κ2) is 4.13. The first-order valence-electron chi connectivity index (χ1n) is 4.76. The minimum atomic E-state index is -0.216. The molecule has 1 N–H and O–H groups in total. The lowest BCUT2D eigenvalue weighted by Crippen LogP contribution is -1.88. The third-order valence-electron chi connectivity index (χ3n) is 2.23. The quantitative estimate of drug-likeness (QED) is 0.793. The van der Waals surface area contributed by atoms with Crippen LogP contribution in [0.4, 0.5) is 4.39 Å². The number of rotatable bonds is 2. The maximum Gasteiger partial charge on any atom is 0.123 e. The zero-order valence-electron chi connectivity index (χ0n) is 8.15. The average molecular weight is 202 g/mol. The van der Waals surface area contributed by atoms with Crippen LogP contribution in [0.2, 0.25) is 0 Å². The third-order valence-corrected chi connectivity index (χ3v) is 2.23. The maximum atomic E-state index is 12.9. The van der Waals surface area contributed by atoms with Gasteiger partial charge in [0, 0.05) is 0 Å². The van der Waals surface area contributed by atoms with Crippen molar-refractivity contribution in [2.45, 2.75) is 6.42 Å². The van der Waals surface area contributed by atoms with E-state index in [0.717, 1.165) is 11.1 Å². The highest BCUT2D eigenvalue weighted by Gasteiger charge is 1.97. The number of phenols is 1. The molecule has 0 saturated carbocycles. The van der Waals surface area contributed by atoms with Crippen LogP contribution in [-0.4, -0.2) is 5.11 Å². The van der Waals surface area contributed by atoms with Gasteiger partial charge in [-0.15, -0.1) is 0 Å². The Kier molecular flexibility index (Phi) is 2.68. The molecule has 15 heavy (non-hydrogen) atoms. The van der Waals surface area contributed by atoms with Crippen molar-refractivity contribution in [3.05, 3.63) is 65.5 Å². The van der Waals surface area contributed by atoms with E-state index < -0.39 is 0 Å². The van der Waals surface area contributed by atoms with Gasteiger partial charge in [0.15, 0.2) is 0 Å². The van der Waals surface area contributed by atoms with Gasteiger partial charge in [-0.25, -0.2) is 4.39 Å². The standard InChI is InChI=1S/C13H11FO/c14-12-3-1-2-11(9-12)8-10-4-6-13(15)7-5-10/h1-7,9,15H,8H2. The minimum absolute atomic E-state index is 0.216. The second-order valence-corrected chi connectivity index (χ2v) is 3.47. The van der Waals surface area contributed by atoms with E-state index in [1.807, 2.05) is 18.2 Å². The zero-order valence-corrected chi connectivity index (χ0v) is 8.15. The molecule has 0 aliphatic rings. The van der Waals surface area contributed by atoms with Crippen LogP contribution in [0, 0.1) is 5.82 Å². The Bertz CT molecular complexity index is 448. The fourth-order valence-corrected chi connectivity index (χ4v) is 1.50. The molecule has 0 heterocycles. The predicted octanol–water partition coefficient (Wildman–Crippen LogP) is 3.12. The molecule has 0 amide bonds. The van der Waals surface area contributed by atoms with E-state index >= 15 is 0 Å². The van der Waals surface area contributed by atoms with Crippen molar-refractivity contribution in [3.8, 4) is 5.75 Å². The van der Waals surface area contributed by atoms with Crippen molar-refractivity contribution in [1.82, 2.24) is 0 Å². The van der Waals surface area contributed by atoms with Crippen molar-refractivity contribution < 1.29 is 9.50 Å². The van der Waals surface area contributed by atoms with Gasteiger partial charge in [-0.05, 0) is 41.8 Å². The number of hydrogen-bond acceptors (Lipinski definition) is 1. The van der Waals surface area contributed by atoms with Gasteiger partial charge in [0.25, 0.3) is 0 Å². The molecule has 0 atom stereocenters. The number of benzene rings is 2. The smallest absolute Gasteiger partial charge is 0.123 e. The van der Waals surface area contributed by atoms with Gasteiger partial charge in [-0.2, -0.15) is 0 Å².